The predicted molar refractivity (Wildman–Crippen MR) is 77.0 cm³/mol. The molecule has 0 aromatic rings. The van der Waals surface area contributed by atoms with E-state index in [1.54, 1.807) is 0 Å². The van der Waals surface area contributed by atoms with Crippen molar-refractivity contribution in [1.82, 2.24) is 0 Å². The van der Waals surface area contributed by atoms with Crippen molar-refractivity contribution in [2.75, 3.05) is 0 Å². The number of hydrogen-bond acceptors (Lipinski definition) is 4. The van der Waals surface area contributed by atoms with E-state index in [9.17, 15) is 19.8 Å². The fourth-order valence-electron chi connectivity index (χ4n) is 1.80. The molecule has 0 saturated carbocycles. The summed E-state index contributed by atoms with van der Waals surface area (Å²) in [4.78, 5) is 18.6. The molecule has 22 heavy (non-hydrogen) atoms. The zero-order valence-electron chi connectivity index (χ0n) is 15.3. The second kappa shape index (κ2) is 24.8. The fraction of sp³-hybridized carbons (Fsp3) is 0.867. The average molecular weight is 324 g/mol. The third-order valence-corrected chi connectivity index (χ3v) is 2.92. The van der Waals surface area contributed by atoms with Crippen molar-refractivity contribution in [3.63, 3.8) is 0 Å². The molecule has 0 fully saturated rings. The minimum atomic E-state index is -1.63. The monoisotopic (exact) mass is 324 g/mol. The first kappa shape index (κ1) is 31.3. The smallest absolute Gasteiger partial charge is 1.00 e. The summed E-state index contributed by atoms with van der Waals surface area (Å²) in [6, 6.07) is 0. The molecule has 1 unspecified atom stereocenters. The standard InChI is InChI=1S/C12H25.C3H4O4.Li.2Na/c1-3-5-7-9-11-12-10-8-6-4-2;4-2(5)1-3(6)7;;;/h3H,4-12H2,1-2H3;1H2,(H,4,5)(H,6,7);;;/q;;;2*+1/p-2. The topological polar surface area (TPSA) is 80.3 Å². The maximum Gasteiger partial charge on any atom is 1.00 e. The Balaban J connectivity index is -0.000000156. The Hall–Kier alpha value is 1.54. The SMILES string of the molecule is O=C([O-])CC(=O)[O-].[Li][CH](C)CCCCCCCCCC.[Na+].[Na+]. The van der Waals surface area contributed by atoms with Crippen molar-refractivity contribution < 1.29 is 78.9 Å². The van der Waals surface area contributed by atoms with Crippen LogP contribution in [0.3, 0.4) is 0 Å². The molecule has 4 nitrogen and oxygen atoms in total. The van der Waals surface area contributed by atoms with E-state index < -0.39 is 18.4 Å². The Morgan fingerprint density at radius 2 is 1.23 bits per heavy atom. The van der Waals surface area contributed by atoms with Gasteiger partial charge in [0.05, 0.1) is 0 Å². The number of carboxylic acids is 2. The molecule has 114 valence electrons. The summed E-state index contributed by atoms with van der Waals surface area (Å²) >= 11 is 2.32. The van der Waals surface area contributed by atoms with Gasteiger partial charge in [-0.3, -0.25) is 0 Å². The van der Waals surface area contributed by atoms with E-state index in [0.717, 1.165) is 4.59 Å². The van der Waals surface area contributed by atoms with Crippen LogP contribution in [0.25, 0.3) is 0 Å². The Bertz CT molecular complexity index is 240. The summed E-state index contributed by atoms with van der Waals surface area (Å²) in [6.07, 6.45) is 12.0. The number of rotatable bonds is 11. The van der Waals surface area contributed by atoms with Gasteiger partial charge < -0.3 is 19.8 Å². The Labute approximate surface area is 189 Å². The number of hydrogen-bond donors (Lipinski definition) is 0. The van der Waals surface area contributed by atoms with E-state index in [2.05, 4.69) is 31.6 Å². The Kier molecular flexibility index (Phi) is 35.3. The third kappa shape index (κ3) is 37.6. The van der Waals surface area contributed by atoms with Crippen LogP contribution in [-0.2, 0) is 9.59 Å². The van der Waals surface area contributed by atoms with Crippen LogP contribution >= 0.6 is 0 Å². The van der Waals surface area contributed by atoms with E-state index in [0.29, 0.717) is 0 Å². The van der Waals surface area contributed by atoms with Gasteiger partial charge in [-0.05, 0) is 0 Å². The number of carbonyl (C=O) groups is 2. The van der Waals surface area contributed by atoms with Crippen molar-refractivity contribution in [3.05, 3.63) is 0 Å². The molecule has 0 aromatic carbocycles. The van der Waals surface area contributed by atoms with Crippen molar-refractivity contribution in [3.8, 4) is 0 Å². The summed E-state index contributed by atoms with van der Waals surface area (Å²) in [6.45, 7) is 4.60. The van der Waals surface area contributed by atoms with Crippen LogP contribution in [0.15, 0.2) is 0 Å². The molecule has 0 saturated heterocycles. The zero-order chi connectivity index (χ0) is 15.8. The van der Waals surface area contributed by atoms with Gasteiger partial charge in [-0.25, -0.2) is 0 Å². The predicted octanol–water partition coefficient (Wildman–Crippen LogP) is -4.62. The fourth-order valence-corrected chi connectivity index (χ4v) is 1.80. The molecule has 1 atom stereocenters. The molecule has 0 radical (unpaired) electrons. The Morgan fingerprint density at radius 1 is 0.864 bits per heavy atom. The van der Waals surface area contributed by atoms with Gasteiger partial charge in [0.25, 0.3) is 0 Å². The first-order chi connectivity index (χ1) is 9.40. The van der Waals surface area contributed by atoms with Gasteiger partial charge in [0.2, 0.25) is 0 Å². The molecule has 0 amide bonds. The maximum atomic E-state index is 9.28. The molecule has 7 heteroatoms. The normalized spacial score (nSPS) is 10.4. The van der Waals surface area contributed by atoms with Gasteiger partial charge in [-0.2, -0.15) is 0 Å². The number of carboxylic acid groups (broad SMARTS) is 2. The van der Waals surface area contributed by atoms with Gasteiger partial charge in [0, 0.05) is 18.4 Å². The second-order valence-corrected chi connectivity index (χ2v) is 5.58. The quantitative estimate of drug-likeness (QED) is 0.218. The minimum Gasteiger partial charge on any atom is 1.00 e. The average Bonchev–Trinajstić information content (AvgIpc) is 2.31. The van der Waals surface area contributed by atoms with E-state index >= 15 is 0 Å². The van der Waals surface area contributed by atoms with Crippen LogP contribution in [-0.4, -0.2) is 29.7 Å². The van der Waals surface area contributed by atoms with E-state index in [-0.39, 0.29) is 59.1 Å². The molecule has 0 aromatic heterocycles. The van der Waals surface area contributed by atoms with Gasteiger partial charge >= 0.3 is 153 Å². The Morgan fingerprint density at radius 3 is 1.50 bits per heavy atom. The summed E-state index contributed by atoms with van der Waals surface area (Å²) < 4.78 is 0.903. The molecule has 0 bridgehead atoms. The minimum absolute atomic E-state index is 0. The summed E-state index contributed by atoms with van der Waals surface area (Å²) in [7, 11) is 0. The van der Waals surface area contributed by atoms with Crippen molar-refractivity contribution in [1.29, 1.82) is 0 Å². The number of carbonyl (C=O) groups excluding carboxylic acids is 2. The molecule has 0 aliphatic heterocycles. The first-order valence-electron chi connectivity index (χ1n) is 7.79. The first-order valence-corrected chi connectivity index (χ1v) is 7.79. The molecule has 0 aliphatic carbocycles. The van der Waals surface area contributed by atoms with Gasteiger partial charge in [-0.1, -0.05) is 0 Å². The van der Waals surface area contributed by atoms with E-state index in [1.807, 2.05) is 0 Å². The van der Waals surface area contributed by atoms with Crippen LogP contribution < -0.4 is 69.3 Å². The zero-order valence-corrected chi connectivity index (χ0v) is 19.3. The summed E-state index contributed by atoms with van der Waals surface area (Å²) in [5, 5.41) is 18.6. The maximum absolute atomic E-state index is 9.28. The van der Waals surface area contributed by atoms with Crippen molar-refractivity contribution in [2.45, 2.75) is 82.6 Å². The van der Waals surface area contributed by atoms with E-state index in [4.69, 9.17) is 0 Å². The van der Waals surface area contributed by atoms with Crippen molar-refractivity contribution in [2.24, 2.45) is 0 Å². The molecule has 0 rings (SSSR count). The molecule has 0 heterocycles. The molecule has 0 N–H and O–H groups in total. The summed E-state index contributed by atoms with van der Waals surface area (Å²) in [5.74, 6) is -3.25. The number of aliphatic carboxylic acids is 2. The van der Waals surface area contributed by atoms with Gasteiger partial charge in [0.1, 0.15) is 0 Å². The molecular weight excluding hydrogens is 297 g/mol. The largest absolute Gasteiger partial charge is 1.00 e. The van der Waals surface area contributed by atoms with Crippen LogP contribution in [0.4, 0.5) is 0 Å². The van der Waals surface area contributed by atoms with Gasteiger partial charge in [-0.15, -0.1) is 0 Å². The van der Waals surface area contributed by atoms with E-state index in [1.165, 1.54) is 57.8 Å². The van der Waals surface area contributed by atoms with Gasteiger partial charge in [0.15, 0.2) is 0 Å². The third-order valence-electron chi connectivity index (χ3n) is 2.92. The molecular formula is C15H27LiNa2O4. The van der Waals surface area contributed by atoms with Crippen LogP contribution in [0, 0.1) is 0 Å². The molecule has 0 aliphatic rings. The van der Waals surface area contributed by atoms with Crippen LogP contribution in [0.5, 0.6) is 0 Å². The molecule has 0 spiro atoms. The van der Waals surface area contributed by atoms with Crippen molar-refractivity contribution >= 4 is 29.7 Å². The second-order valence-electron chi connectivity index (χ2n) is 5.58. The summed E-state index contributed by atoms with van der Waals surface area (Å²) in [5.41, 5.74) is 0. The van der Waals surface area contributed by atoms with Crippen LogP contribution in [0.1, 0.15) is 78.1 Å². The van der Waals surface area contributed by atoms with Crippen LogP contribution in [0.2, 0.25) is 4.59 Å². The number of unbranched alkanes of at least 4 members (excludes halogenated alkanes) is 7.